The van der Waals surface area contributed by atoms with Gasteiger partial charge in [0.15, 0.2) is 17.5 Å². The second-order valence-electron chi connectivity index (χ2n) is 7.08. The lowest BCUT2D eigenvalue weighted by Crippen LogP contribution is -2.52. The zero-order chi connectivity index (χ0) is 19.1. The van der Waals surface area contributed by atoms with Crippen molar-refractivity contribution >= 4 is 5.96 Å². The van der Waals surface area contributed by atoms with Crippen LogP contribution >= 0.6 is 0 Å². The van der Waals surface area contributed by atoms with Gasteiger partial charge in [-0.25, -0.2) is 0 Å². The molecular formula is C20H33N5O2. The van der Waals surface area contributed by atoms with Crippen molar-refractivity contribution in [2.45, 2.75) is 20.4 Å². The highest BCUT2D eigenvalue weighted by molar-refractivity contribution is 5.80. The molecule has 150 valence electrons. The zero-order valence-corrected chi connectivity index (χ0v) is 16.9. The van der Waals surface area contributed by atoms with Crippen LogP contribution in [0.2, 0.25) is 0 Å². The van der Waals surface area contributed by atoms with E-state index >= 15 is 0 Å². The summed E-state index contributed by atoms with van der Waals surface area (Å²) in [6.45, 7) is 13.4. The van der Waals surface area contributed by atoms with E-state index in [1.807, 2.05) is 6.07 Å². The van der Waals surface area contributed by atoms with E-state index in [0.29, 0.717) is 6.79 Å². The van der Waals surface area contributed by atoms with Gasteiger partial charge >= 0.3 is 0 Å². The topological polar surface area (TPSA) is 52.6 Å². The average molecular weight is 376 g/mol. The molecule has 0 aliphatic carbocycles. The number of hydrogen-bond acceptors (Lipinski definition) is 5. The van der Waals surface area contributed by atoms with Gasteiger partial charge in [0.05, 0.1) is 6.54 Å². The van der Waals surface area contributed by atoms with Crippen molar-refractivity contribution in [3.63, 3.8) is 0 Å². The van der Waals surface area contributed by atoms with E-state index in [2.05, 4.69) is 53.0 Å². The fourth-order valence-electron chi connectivity index (χ4n) is 3.33. The molecule has 7 nitrogen and oxygen atoms in total. The third-order valence-electron chi connectivity index (χ3n) is 5.13. The first kappa shape index (κ1) is 19.8. The van der Waals surface area contributed by atoms with Crippen LogP contribution in [0.5, 0.6) is 11.5 Å². The van der Waals surface area contributed by atoms with Crippen molar-refractivity contribution < 1.29 is 9.47 Å². The summed E-state index contributed by atoms with van der Waals surface area (Å²) in [5.41, 5.74) is 1.27. The van der Waals surface area contributed by atoms with Crippen molar-refractivity contribution in [2.75, 3.05) is 66.2 Å². The van der Waals surface area contributed by atoms with Crippen LogP contribution in [0.4, 0.5) is 0 Å². The summed E-state index contributed by atoms with van der Waals surface area (Å²) in [5, 5.41) is 3.45. The number of guanidine groups is 1. The maximum atomic E-state index is 5.49. The molecule has 1 fully saturated rings. The van der Waals surface area contributed by atoms with Gasteiger partial charge in [-0.2, -0.15) is 0 Å². The number of benzene rings is 1. The molecule has 0 saturated carbocycles. The number of ether oxygens (including phenoxy) is 2. The fourth-order valence-corrected chi connectivity index (χ4v) is 3.33. The third-order valence-corrected chi connectivity index (χ3v) is 5.13. The standard InChI is InChI=1S/C20H33N5O2/c1-4-21-20(22-8-9-23(3)5-2)25-12-10-24(11-13-25)15-17-6-7-18-19(14-17)27-16-26-18/h6-7,14H,4-5,8-13,15-16H2,1-3H3,(H,21,22). The molecule has 0 bridgehead atoms. The highest BCUT2D eigenvalue weighted by Gasteiger charge is 2.20. The van der Waals surface area contributed by atoms with E-state index in [-0.39, 0.29) is 0 Å². The van der Waals surface area contributed by atoms with Gasteiger partial charge < -0.3 is 24.6 Å². The van der Waals surface area contributed by atoms with E-state index in [9.17, 15) is 0 Å². The molecule has 0 spiro atoms. The first-order valence-electron chi connectivity index (χ1n) is 10.0. The third kappa shape index (κ3) is 5.49. The quantitative estimate of drug-likeness (QED) is 0.575. The van der Waals surface area contributed by atoms with Gasteiger partial charge in [-0.05, 0) is 38.2 Å². The zero-order valence-electron chi connectivity index (χ0n) is 16.9. The van der Waals surface area contributed by atoms with Crippen LogP contribution in [0.15, 0.2) is 23.2 Å². The van der Waals surface area contributed by atoms with E-state index < -0.39 is 0 Å². The first-order valence-corrected chi connectivity index (χ1v) is 10.0. The van der Waals surface area contributed by atoms with Gasteiger partial charge in [0, 0.05) is 45.8 Å². The summed E-state index contributed by atoms with van der Waals surface area (Å²) in [4.78, 5) is 12.0. The Hall–Kier alpha value is -1.99. The lowest BCUT2D eigenvalue weighted by molar-refractivity contribution is 0.171. The fraction of sp³-hybridized carbons (Fsp3) is 0.650. The second kappa shape index (κ2) is 9.80. The maximum Gasteiger partial charge on any atom is 0.231 e. The minimum Gasteiger partial charge on any atom is -0.454 e. The van der Waals surface area contributed by atoms with Gasteiger partial charge in [-0.3, -0.25) is 9.89 Å². The van der Waals surface area contributed by atoms with Crippen LogP contribution in [0.25, 0.3) is 0 Å². The van der Waals surface area contributed by atoms with Gasteiger partial charge in [0.2, 0.25) is 6.79 Å². The molecule has 27 heavy (non-hydrogen) atoms. The monoisotopic (exact) mass is 375 g/mol. The van der Waals surface area contributed by atoms with Gasteiger partial charge in [-0.15, -0.1) is 0 Å². The van der Waals surface area contributed by atoms with Crippen molar-refractivity contribution in [2.24, 2.45) is 4.99 Å². The predicted octanol–water partition coefficient (Wildman–Crippen LogP) is 1.45. The number of nitrogens with zero attached hydrogens (tertiary/aromatic N) is 4. The molecule has 0 radical (unpaired) electrons. The number of hydrogen-bond donors (Lipinski definition) is 1. The van der Waals surface area contributed by atoms with Gasteiger partial charge in [-0.1, -0.05) is 13.0 Å². The Morgan fingerprint density at radius 2 is 1.93 bits per heavy atom. The summed E-state index contributed by atoms with van der Waals surface area (Å²) in [7, 11) is 2.14. The Bertz CT molecular complexity index is 629. The lowest BCUT2D eigenvalue weighted by Gasteiger charge is -2.36. The average Bonchev–Trinajstić information content (AvgIpc) is 3.15. The SMILES string of the molecule is CCNC(=NCCN(C)CC)N1CCN(Cc2ccc3c(c2)OCO3)CC1. The first-order chi connectivity index (χ1) is 13.2. The molecule has 0 aromatic heterocycles. The van der Waals surface area contributed by atoms with Crippen LogP contribution in [0.1, 0.15) is 19.4 Å². The Morgan fingerprint density at radius 3 is 2.67 bits per heavy atom. The van der Waals surface area contributed by atoms with E-state index in [1.54, 1.807) is 0 Å². The lowest BCUT2D eigenvalue weighted by atomic mass is 10.1. The van der Waals surface area contributed by atoms with Crippen LogP contribution in [0.3, 0.4) is 0 Å². The molecule has 7 heteroatoms. The molecule has 2 aliphatic heterocycles. The summed E-state index contributed by atoms with van der Waals surface area (Å²) in [5.74, 6) is 2.76. The van der Waals surface area contributed by atoms with Crippen molar-refractivity contribution in [3.05, 3.63) is 23.8 Å². The number of rotatable bonds is 7. The van der Waals surface area contributed by atoms with E-state index in [1.165, 1.54) is 5.56 Å². The molecular weight excluding hydrogens is 342 g/mol. The Labute approximate surface area is 162 Å². The molecule has 1 N–H and O–H groups in total. The van der Waals surface area contributed by atoms with Crippen molar-refractivity contribution in [1.82, 2.24) is 20.0 Å². The Morgan fingerprint density at radius 1 is 1.15 bits per heavy atom. The molecule has 2 heterocycles. The van der Waals surface area contributed by atoms with Crippen LogP contribution in [-0.2, 0) is 6.54 Å². The summed E-state index contributed by atoms with van der Waals surface area (Å²) in [6, 6.07) is 6.25. The second-order valence-corrected chi connectivity index (χ2v) is 7.08. The van der Waals surface area contributed by atoms with Crippen molar-refractivity contribution in [3.8, 4) is 11.5 Å². The number of likely N-dealkylation sites (N-methyl/N-ethyl adjacent to an activating group) is 1. The molecule has 3 rings (SSSR count). The summed E-state index contributed by atoms with van der Waals surface area (Å²) < 4.78 is 10.9. The minimum atomic E-state index is 0.331. The molecule has 1 saturated heterocycles. The maximum absolute atomic E-state index is 5.49. The smallest absolute Gasteiger partial charge is 0.231 e. The normalized spacial score (nSPS) is 17.6. The highest BCUT2D eigenvalue weighted by Crippen LogP contribution is 2.32. The summed E-state index contributed by atoms with van der Waals surface area (Å²) >= 11 is 0. The van der Waals surface area contributed by atoms with E-state index in [4.69, 9.17) is 14.5 Å². The van der Waals surface area contributed by atoms with Crippen LogP contribution in [-0.4, -0.2) is 86.9 Å². The molecule has 2 aliphatic rings. The number of piperazine rings is 1. The number of aliphatic imine (C=N–C) groups is 1. The molecule has 0 atom stereocenters. The number of nitrogens with one attached hydrogen (secondary N) is 1. The van der Waals surface area contributed by atoms with Crippen molar-refractivity contribution in [1.29, 1.82) is 0 Å². The van der Waals surface area contributed by atoms with Crippen LogP contribution in [0, 0.1) is 0 Å². The Balaban J connectivity index is 1.49. The molecule has 0 amide bonds. The van der Waals surface area contributed by atoms with E-state index in [0.717, 1.165) is 76.4 Å². The van der Waals surface area contributed by atoms with Gasteiger partial charge in [0.1, 0.15) is 0 Å². The predicted molar refractivity (Wildman–Crippen MR) is 109 cm³/mol. The molecule has 0 unspecified atom stereocenters. The largest absolute Gasteiger partial charge is 0.454 e. The Kier molecular flexibility index (Phi) is 7.18. The molecule has 1 aromatic rings. The number of fused-ring (bicyclic) bond motifs is 1. The van der Waals surface area contributed by atoms with Crippen LogP contribution < -0.4 is 14.8 Å². The minimum absolute atomic E-state index is 0.331. The highest BCUT2D eigenvalue weighted by atomic mass is 16.7. The van der Waals surface area contributed by atoms with Gasteiger partial charge in [0.25, 0.3) is 0 Å². The molecule has 1 aromatic carbocycles. The summed E-state index contributed by atoms with van der Waals surface area (Å²) in [6.07, 6.45) is 0.